The van der Waals surface area contributed by atoms with E-state index in [0.717, 1.165) is 54.9 Å². The van der Waals surface area contributed by atoms with Gasteiger partial charge in [0.2, 0.25) is 0 Å². The number of imide groups is 1. The molecule has 2 saturated heterocycles. The maximum Gasteiger partial charge on any atom is 0.322 e. The fourth-order valence-electron chi connectivity index (χ4n) is 5.26. The number of aromatic nitrogens is 1. The number of carbonyl (C=O) groups is 3. The second-order valence-electron chi connectivity index (χ2n) is 9.35. The quantitative estimate of drug-likeness (QED) is 0.703. The van der Waals surface area contributed by atoms with E-state index in [1.807, 2.05) is 30.2 Å². The van der Waals surface area contributed by atoms with Crippen LogP contribution in [0.5, 0.6) is 0 Å². The fourth-order valence-corrected chi connectivity index (χ4v) is 5.26. The molecule has 2 aromatic rings. The van der Waals surface area contributed by atoms with E-state index < -0.39 is 11.6 Å². The lowest BCUT2D eigenvalue weighted by molar-refractivity contribution is -0.127. The predicted molar refractivity (Wildman–Crippen MR) is 124 cm³/mol. The van der Waals surface area contributed by atoms with Crippen LogP contribution in [-0.2, 0) is 10.3 Å². The van der Waals surface area contributed by atoms with Crippen molar-refractivity contribution in [1.82, 2.24) is 20.5 Å². The van der Waals surface area contributed by atoms with Crippen molar-refractivity contribution < 1.29 is 14.4 Å². The summed E-state index contributed by atoms with van der Waals surface area (Å²) in [7, 11) is 0. The van der Waals surface area contributed by atoms with E-state index >= 15 is 0 Å². The highest BCUT2D eigenvalue weighted by Crippen LogP contribution is 2.44. The number of hydrogen-bond donors (Lipinski definition) is 2. The van der Waals surface area contributed by atoms with Gasteiger partial charge in [-0.2, -0.15) is 0 Å². The zero-order chi connectivity index (χ0) is 23.2. The van der Waals surface area contributed by atoms with Gasteiger partial charge in [-0.25, -0.2) is 9.78 Å². The molecule has 2 aliphatic heterocycles. The first kappa shape index (κ1) is 21.4. The number of nitrogens with one attached hydrogen (secondary N) is 2. The smallest absolute Gasteiger partial charge is 0.322 e. The number of piperazine rings is 1. The Morgan fingerprint density at radius 3 is 2.30 bits per heavy atom. The Kier molecular flexibility index (Phi) is 5.31. The first-order valence-electron chi connectivity index (χ1n) is 11.6. The topological polar surface area (TPSA) is 94.6 Å². The molecule has 1 aromatic heterocycles. The normalized spacial score (nSPS) is 23.2. The number of amides is 4. The molecule has 5 rings (SSSR count). The zero-order valence-corrected chi connectivity index (χ0v) is 19.1. The summed E-state index contributed by atoms with van der Waals surface area (Å²) in [5, 5.41) is 5.26. The van der Waals surface area contributed by atoms with Gasteiger partial charge in [0.05, 0.1) is 0 Å². The lowest BCUT2D eigenvalue weighted by Gasteiger charge is -2.40. The minimum Gasteiger partial charge on any atom is -0.353 e. The standard InChI is InChI=1S/C25H29N5O3/c1-16-14-17(2)21(26-15-16)29-10-12-30(13-11-29)22(31)18-6-8-20(9-7-18)25(19-4-3-5-19)23(32)27-24(33)28-25/h6-9,14-15,19H,3-5,10-13H2,1-2H3,(H2,27,28,32,33). The first-order chi connectivity index (χ1) is 15.9. The number of aryl methyl sites for hydroxylation is 2. The van der Waals surface area contributed by atoms with Crippen molar-refractivity contribution in [3.05, 3.63) is 58.8 Å². The third-order valence-electron chi connectivity index (χ3n) is 7.25. The molecule has 172 valence electrons. The van der Waals surface area contributed by atoms with E-state index in [2.05, 4.69) is 33.5 Å². The summed E-state index contributed by atoms with van der Waals surface area (Å²) in [5.41, 5.74) is 2.58. The fraction of sp³-hybridized carbons (Fsp3) is 0.440. The van der Waals surface area contributed by atoms with Crippen LogP contribution in [0.25, 0.3) is 0 Å². The van der Waals surface area contributed by atoms with E-state index in [1.54, 1.807) is 12.1 Å². The Morgan fingerprint density at radius 1 is 1.06 bits per heavy atom. The molecule has 0 radical (unpaired) electrons. The highest BCUT2D eigenvalue weighted by molar-refractivity contribution is 6.07. The van der Waals surface area contributed by atoms with Gasteiger partial charge in [-0.15, -0.1) is 0 Å². The van der Waals surface area contributed by atoms with Crippen LogP contribution in [0.1, 0.15) is 46.3 Å². The number of nitrogens with zero attached hydrogens (tertiary/aromatic N) is 3. The molecule has 3 fully saturated rings. The Hall–Kier alpha value is -3.42. The summed E-state index contributed by atoms with van der Waals surface area (Å²) in [4.78, 5) is 46.4. The minimum absolute atomic E-state index is 0.0209. The number of pyridine rings is 1. The third kappa shape index (κ3) is 3.63. The van der Waals surface area contributed by atoms with Crippen LogP contribution in [0, 0.1) is 19.8 Å². The molecule has 0 spiro atoms. The molecule has 1 atom stereocenters. The van der Waals surface area contributed by atoms with Crippen molar-refractivity contribution in [2.45, 2.75) is 38.6 Å². The van der Waals surface area contributed by atoms with E-state index in [-0.39, 0.29) is 17.7 Å². The Balaban J connectivity index is 1.28. The molecule has 3 heterocycles. The van der Waals surface area contributed by atoms with Crippen LogP contribution in [0.3, 0.4) is 0 Å². The maximum atomic E-state index is 13.1. The molecule has 1 aliphatic carbocycles. The van der Waals surface area contributed by atoms with Crippen LogP contribution in [0.15, 0.2) is 36.5 Å². The third-order valence-corrected chi connectivity index (χ3v) is 7.25. The molecular formula is C25H29N5O3. The van der Waals surface area contributed by atoms with Gasteiger partial charge < -0.3 is 15.1 Å². The molecule has 8 nitrogen and oxygen atoms in total. The van der Waals surface area contributed by atoms with E-state index in [1.165, 1.54) is 0 Å². The van der Waals surface area contributed by atoms with Crippen molar-refractivity contribution in [3.63, 3.8) is 0 Å². The number of benzene rings is 1. The zero-order valence-electron chi connectivity index (χ0n) is 19.1. The Bertz CT molecular complexity index is 1100. The molecule has 1 aromatic carbocycles. The van der Waals surface area contributed by atoms with Gasteiger partial charge >= 0.3 is 6.03 Å². The lowest BCUT2D eigenvalue weighted by atomic mass is 9.67. The average Bonchev–Trinajstić information content (AvgIpc) is 3.06. The largest absolute Gasteiger partial charge is 0.353 e. The van der Waals surface area contributed by atoms with Crippen LogP contribution in [0.2, 0.25) is 0 Å². The highest BCUT2D eigenvalue weighted by Gasteiger charge is 2.54. The number of anilines is 1. The van der Waals surface area contributed by atoms with Crippen LogP contribution in [-0.4, -0.2) is 53.9 Å². The van der Waals surface area contributed by atoms with Gasteiger partial charge in [0.1, 0.15) is 11.4 Å². The summed E-state index contributed by atoms with van der Waals surface area (Å²) < 4.78 is 0. The van der Waals surface area contributed by atoms with Crippen LogP contribution < -0.4 is 15.5 Å². The molecule has 1 unspecified atom stereocenters. The number of rotatable bonds is 4. The van der Waals surface area contributed by atoms with Gasteiger partial charge in [0.25, 0.3) is 11.8 Å². The summed E-state index contributed by atoms with van der Waals surface area (Å²) in [6, 6.07) is 8.84. The molecular weight excluding hydrogens is 418 g/mol. The van der Waals surface area contributed by atoms with Gasteiger partial charge in [0.15, 0.2) is 0 Å². The first-order valence-corrected chi connectivity index (χ1v) is 11.6. The SMILES string of the molecule is Cc1cnc(N2CCN(C(=O)c3ccc(C4(C5CCC5)NC(=O)NC4=O)cc3)CC2)c(C)c1. The molecule has 4 amide bonds. The molecule has 2 N–H and O–H groups in total. The highest BCUT2D eigenvalue weighted by atomic mass is 16.2. The summed E-state index contributed by atoms with van der Waals surface area (Å²) in [6.07, 6.45) is 4.72. The van der Waals surface area contributed by atoms with E-state index in [0.29, 0.717) is 18.7 Å². The molecule has 1 saturated carbocycles. The molecule has 8 heteroatoms. The van der Waals surface area contributed by atoms with Crippen molar-refractivity contribution in [1.29, 1.82) is 0 Å². The monoisotopic (exact) mass is 447 g/mol. The van der Waals surface area contributed by atoms with Gasteiger partial charge in [-0.05, 0) is 61.4 Å². The predicted octanol–water partition coefficient (Wildman–Crippen LogP) is 2.50. The summed E-state index contributed by atoms with van der Waals surface area (Å²) >= 11 is 0. The maximum absolute atomic E-state index is 13.1. The van der Waals surface area contributed by atoms with Crippen molar-refractivity contribution in [3.8, 4) is 0 Å². The summed E-state index contributed by atoms with van der Waals surface area (Å²) in [6.45, 7) is 6.82. The molecule has 3 aliphatic rings. The van der Waals surface area contributed by atoms with Crippen molar-refractivity contribution in [2.75, 3.05) is 31.1 Å². The Morgan fingerprint density at radius 2 is 1.76 bits per heavy atom. The average molecular weight is 448 g/mol. The van der Waals surface area contributed by atoms with Crippen molar-refractivity contribution >= 4 is 23.7 Å². The Labute approximate surface area is 193 Å². The van der Waals surface area contributed by atoms with Crippen LogP contribution >= 0.6 is 0 Å². The second-order valence-corrected chi connectivity index (χ2v) is 9.35. The van der Waals surface area contributed by atoms with E-state index in [9.17, 15) is 14.4 Å². The molecule has 33 heavy (non-hydrogen) atoms. The second kappa shape index (κ2) is 8.17. The summed E-state index contributed by atoms with van der Waals surface area (Å²) in [5.74, 6) is 0.743. The lowest BCUT2D eigenvalue weighted by Crippen LogP contribution is -2.52. The van der Waals surface area contributed by atoms with Crippen molar-refractivity contribution in [2.24, 2.45) is 5.92 Å². The van der Waals surface area contributed by atoms with Crippen LogP contribution in [0.4, 0.5) is 10.6 Å². The molecule has 0 bridgehead atoms. The minimum atomic E-state index is -1.03. The number of carbonyl (C=O) groups excluding carboxylic acids is 3. The van der Waals surface area contributed by atoms with Gasteiger partial charge in [-0.3, -0.25) is 14.9 Å². The van der Waals surface area contributed by atoms with Gasteiger partial charge in [0, 0.05) is 37.9 Å². The number of hydrogen-bond acceptors (Lipinski definition) is 5. The van der Waals surface area contributed by atoms with Gasteiger partial charge in [-0.1, -0.05) is 24.6 Å². The van der Waals surface area contributed by atoms with E-state index in [4.69, 9.17) is 0 Å². The number of urea groups is 1.